The van der Waals surface area contributed by atoms with E-state index in [1.54, 1.807) is 0 Å². The molecule has 0 aromatic heterocycles. The van der Waals surface area contributed by atoms with E-state index in [1.807, 2.05) is 0 Å². The standard InChI is InChI=1S/C9H13F2NO2/c1-3-4-14-8(13)7-5-9(10,11)6-12(7)2/h3,7H,1,4-6H2,2H3/p+1. The average Bonchev–Trinajstić information content (AvgIpc) is 2.35. The second-order valence-corrected chi connectivity index (χ2v) is 3.43. The summed E-state index contributed by atoms with van der Waals surface area (Å²) in [6.07, 6.45) is 1.05. The lowest BCUT2D eigenvalue weighted by molar-refractivity contribution is 0.0142. The van der Waals surface area contributed by atoms with Crippen molar-refractivity contribution in [2.45, 2.75) is 18.4 Å². The normalized spacial score (nSPS) is 26.1. The molecule has 0 radical (unpaired) electrons. The van der Waals surface area contributed by atoms with Crippen molar-refractivity contribution < 1.29 is 18.3 Å². The van der Waals surface area contributed by atoms with Crippen LogP contribution < -0.4 is 0 Å². The Hall–Kier alpha value is -0.970. The van der Waals surface area contributed by atoms with Crippen LogP contribution in [0.15, 0.2) is 12.7 Å². The van der Waals surface area contributed by atoms with E-state index >= 15 is 0 Å². The molecule has 80 valence electrons. The van der Waals surface area contributed by atoms with Crippen molar-refractivity contribution in [1.29, 1.82) is 0 Å². The Kier molecular flexibility index (Phi) is 3.21. The molecule has 1 aliphatic rings. The van der Waals surface area contributed by atoms with Crippen molar-refractivity contribution in [3.63, 3.8) is 0 Å². The highest BCUT2D eigenvalue weighted by Crippen LogP contribution is 2.31. The van der Waals surface area contributed by atoms with Crippen LogP contribution in [0.4, 0.5) is 8.78 Å². The Bertz CT molecular complexity index is 243. The van der Waals surface area contributed by atoms with E-state index < -0.39 is 18.4 Å². The number of halogens is 2. The van der Waals surface area contributed by atoms with Crippen molar-refractivity contribution in [2.24, 2.45) is 0 Å². The van der Waals surface area contributed by atoms with Gasteiger partial charge in [-0.1, -0.05) is 6.58 Å². The van der Waals surface area contributed by atoms with E-state index in [4.69, 9.17) is 4.74 Å². The molecular weight excluding hydrogens is 192 g/mol. The lowest BCUT2D eigenvalue weighted by atomic mass is 10.2. The monoisotopic (exact) mass is 206 g/mol. The molecule has 1 fully saturated rings. The number of rotatable bonds is 3. The third-order valence-electron chi connectivity index (χ3n) is 2.14. The molecule has 0 bridgehead atoms. The summed E-state index contributed by atoms with van der Waals surface area (Å²) in [6, 6.07) is -0.718. The lowest BCUT2D eigenvalue weighted by Crippen LogP contribution is -2.34. The first-order valence-electron chi connectivity index (χ1n) is 4.34. The number of alkyl halides is 2. The number of likely N-dealkylation sites (N-methyl/N-ethyl adjacent to an activating group) is 1. The summed E-state index contributed by atoms with van der Waals surface area (Å²) >= 11 is 0. The summed E-state index contributed by atoms with van der Waals surface area (Å²) in [6.45, 7) is 3.17. The van der Waals surface area contributed by atoms with E-state index in [-0.39, 0.29) is 19.1 Å². The summed E-state index contributed by atoms with van der Waals surface area (Å²) in [4.78, 5) is 10.7. The number of carbonyl (C=O) groups excluding carboxylic acids is 1. The van der Waals surface area contributed by atoms with Gasteiger partial charge in [0, 0.05) is 6.42 Å². The lowest BCUT2D eigenvalue weighted by Gasteiger charge is -2.11. The maximum absolute atomic E-state index is 12.9. The topological polar surface area (TPSA) is 33.9 Å². The predicted molar refractivity (Wildman–Crippen MR) is 49.1 cm³/mol. The Balaban J connectivity index is 2.52. The fraction of sp³-hybridized carbons (Fsp3) is 0.667. The van der Waals surface area contributed by atoms with Crippen LogP contribution in [0.2, 0.25) is 0 Å². The highest BCUT2D eigenvalue weighted by Gasteiger charge is 2.49. The number of ether oxygens (including phenoxy) is 1. The van der Waals surface area contributed by atoms with Crippen LogP contribution in [0.5, 0.6) is 0 Å². The quantitative estimate of drug-likeness (QED) is 0.392. The zero-order chi connectivity index (χ0) is 10.8. The Labute approximate surface area is 81.3 Å². The molecule has 1 atom stereocenters. The molecule has 1 N–H and O–H groups in total. The minimum absolute atomic E-state index is 0.127. The van der Waals surface area contributed by atoms with Gasteiger partial charge in [-0.3, -0.25) is 4.90 Å². The van der Waals surface area contributed by atoms with E-state index in [0.717, 1.165) is 0 Å². The first-order chi connectivity index (χ1) is 6.46. The first kappa shape index (κ1) is 11.1. The smallest absolute Gasteiger partial charge is 0.338 e. The van der Waals surface area contributed by atoms with Gasteiger partial charge < -0.3 is 9.53 Å². The van der Waals surface area contributed by atoms with Gasteiger partial charge in [0.05, 0.1) is 6.54 Å². The molecule has 0 spiro atoms. The van der Waals surface area contributed by atoms with Gasteiger partial charge in [0.25, 0.3) is 5.92 Å². The summed E-state index contributed by atoms with van der Waals surface area (Å²) in [7, 11) is 1.53. The van der Waals surface area contributed by atoms with Crippen LogP contribution in [0.25, 0.3) is 0 Å². The van der Waals surface area contributed by atoms with E-state index in [9.17, 15) is 13.6 Å². The van der Waals surface area contributed by atoms with Crippen molar-refractivity contribution >= 4 is 5.97 Å². The molecule has 3 nitrogen and oxygen atoms in total. The molecule has 0 saturated carbocycles. The van der Waals surface area contributed by atoms with Crippen LogP contribution in [0.1, 0.15) is 6.42 Å². The zero-order valence-corrected chi connectivity index (χ0v) is 8.04. The van der Waals surface area contributed by atoms with E-state index in [1.165, 1.54) is 18.0 Å². The molecule has 14 heavy (non-hydrogen) atoms. The molecule has 1 aliphatic heterocycles. The van der Waals surface area contributed by atoms with Gasteiger partial charge in [0.15, 0.2) is 6.04 Å². The van der Waals surface area contributed by atoms with Gasteiger partial charge in [-0.2, -0.15) is 0 Å². The summed E-state index contributed by atoms with van der Waals surface area (Å²) in [5.41, 5.74) is 0. The maximum atomic E-state index is 12.9. The summed E-state index contributed by atoms with van der Waals surface area (Å²) < 4.78 is 30.6. The molecular formula is C9H14F2NO2+. The first-order valence-corrected chi connectivity index (χ1v) is 4.34. The van der Waals surface area contributed by atoms with Crippen LogP contribution in [0.3, 0.4) is 0 Å². The van der Waals surface area contributed by atoms with Gasteiger partial charge in [0.1, 0.15) is 0 Å². The summed E-state index contributed by atoms with van der Waals surface area (Å²) in [5.74, 6) is -3.10. The minimum Gasteiger partial charge on any atom is -0.338 e. The average molecular weight is 206 g/mol. The highest BCUT2D eigenvalue weighted by molar-refractivity contribution is 5.77. The molecule has 1 unspecified atom stereocenters. The predicted octanol–water partition coefficient (Wildman–Crippen LogP) is 1.03. The van der Waals surface area contributed by atoms with Gasteiger partial charge in [-0.15, -0.1) is 0 Å². The maximum Gasteiger partial charge on any atom is 0.501 e. The van der Waals surface area contributed by atoms with Crippen LogP contribution in [-0.4, -0.2) is 47.8 Å². The second-order valence-electron chi connectivity index (χ2n) is 3.43. The minimum atomic E-state index is -2.75. The molecule has 5 heteroatoms. The molecule has 0 aromatic carbocycles. The van der Waals surface area contributed by atoms with Crippen molar-refractivity contribution in [3.05, 3.63) is 12.7 Å². The van der Waals surface area contributed by atoms with E-state index in [2.05, 4.69) is 6.58 Å². The van der Waals surface area contributed by atoms with Gasteiger partial charge in [0.2, 0.25) is 6.61 Å². The number of likely N-dealkylation sites (tertiary alicyclic amines) is 1. The Morgan fingerprint density at radius 3 is 2.86 bits per heavy atom. The Morgan fingerprint density at radius 2 is 2.43 bits per heavy atom. The molecule has 0 aliphatic carbocycles. The number of hydrogen-bond donors (Lipinski definition) is 0. The largest absolute Gasteiger partial charge is 0.501 e. The van der Waals surface area contributed by atoms with Crippen LogP contribution in [-0.2, 0) is 4.74 Å². The molecule has 1 heterocycles. The van der Waals surface area contributed by atoms with Gasteiger partial charge in [-0.25, -0.2) is 8.78 Å². The zero-order valence-electron chi connectivity index (χ0n) is 8.04. The van der Waals surface area contributed by atoms with Crippen LogP contribution in [0, 0.1) is 0 Å². The number of nitrogens with zero attached hydrogens (tertiary/aromatic N) is 1. The fourth-order valence-corrected chi connectivity index (χ4v) is 1.49. The molecule has 1 rings (SSSR count). The highest BCUT2D eigenvalue weighted by atomic mass is 19.3. The van der Waals surface area contributed by atoms with E-state index in [0.29, 0.717) is 0 Å². The SMILES string of the molecule is C=CCOC(=[OH+])C1CC(F)(F)CN1C. The molecule has 0 amide bonds. The third-order valence-corrected chi connectivity index (χ3v) is 2.14. The second kappa shape index (κ2) is 4.04. The summed E-state index contributed by atoms with van der Waals surface area (Å²) in [5, 5.41) is 0. The van der Waals surface area contributed by atoms with Gasteiger partial charge in [-0.05, 0) is 13.1 Å². The molecule has 0 aromatic rings. The van der Waals surface area contributed by atoms with Gasteiger partial charge >= 0.3 is 5.97 Å². The fourth-order valence-electron chi connectivity index (χ4n) is 1.49. The van der Waals surface area contributed by atoms with Crippen molar-refractivity contribution in [1.82, 2.24) is 4.90 Å². The Morgan fingerprint density at radius 1 is 1.79 bits per heavy atom. The third kappa shape index (κ3) is 2.51. The van der Waals surface area contributed by atoms with Crippen molar-refractivity contribution in [3.8, 4) is 0 Å². The molecule has 1 saturated heterocycles. The van der Waals surface area contributed by atoms with Crippen LogP contribution >= 0.6 is 0 Å². The number of esters is 1. The van der Waals surface area contributed by atoms with Crippen molar-refractivity contribution in [2.75, 3.05) is 20.2 Å². The number of hydrogen-bond acceptors (Lipinski definition) is 2.